The van der Waals surface area contributed by atoms with Crippen LogP contribution >= 0.6 is 0 Å². The molecular weight excluding hydrogens is 272 g/mol. The first-order valence-electron chi connectivity index (χ1n) is 9.92. The summed E-state index contributed by atoms with van der Waals surface area (Å²) in [5, 5.41) is 0. The third kappa shape index (κ3) is 13.2. The molecular formula is C20H40O2. The second-order valence-corrected chi connectivity index (χ2v) is 6.60. The highest BCUT2D eigenvalue weighted by Crippen LogP contribution is 2.16. The van der Waals surface area contributed by atoms with Crippen LogP contribution in [0.4, 0.5) is 0 Å². The van der Waals surface area contributed by atoms with Gasteiger partial charge in [-0.2, -0.15) is 0 Å². The molecule has 0 N–H and O–H groups in total. The van der Waals surface area contributed by atoms with Crippen LogP contribution in [0.5, 0.6) is 0 Å². The molecule has 0 saturated carbocycles. The van der Waals surface area contributed by atoms with E-state index >= 15 is 0 Å². The third-order valence-corrected chi connectivity index (χ3v) is 4.47. The molecule has 0 saturated heterocycles. The van der Waals surface area contributed by atoms with Crippen molar-refractivity contribution in [3.05, 3.63) is 0 Å². The van der Waals surface area contributed by atoms with Gasteiger partial charge in [-0.05, 0) is 19.3 Å². The van der Waals surface area contributed by atoms with Crippen LogP contribution in [0.2, 0.25) is 0 Å². The van der Waals surface area contributed by atoms with E-state index in [0.717, 1.165) is 19.3 Å². The molecule has 2 nitrogen and oxygen atoms in total. The monoisotopic (exact) mass is 312 g/mol. The Bertz CT molecular complexity index is 238. The number of unbranched alkanes of at least 4 members (excludes halogenated alkanes) is 10. The van der Waals surface area contributed by atoms with Crippen LogP contribution in [0.25, 0.3) is 0 Å². The topological polar surface area (TPSA) is 26.3 Å². The van der Waals surface area contributed by atoms with Crippen molar-refractivity contribution in [1.29, 1.82) is 0 Å². The smallest absolute Gasteiger partial charge is 0.308 e. The predicted octanol–water partition coefficient (Wildman–Crippen LogP) is 6.67. The van der Waals surface area contributed by atoms with Gasteiger partial charge in [0.15, 0.2) is 0 Å². The number of carbonyl (C=O) groups is 1. The fraction of sp³-hybridized carbons (Fsp3) is 0.950. The summed E-state index contributed by atoms with van der Waals surface area (Å²) in [6.45, 7) is 7.19. The average Bonchev–Trinajstić information content (AvgIpc) is 2.53. The Morgan fingerprint density at radius 3 is 1.77 bits per heavy atom. The zero-order valence-electron chi connectivity index (χ0n) is 15.5. The number of hydrogen-bond donors (Lipinski definition) is 0. The summed E-state index contributed by atoms with van der Waals surface area (Å²) in [7, 11) is 0. The van der Waals surface area contributed by atoms with E-state index in [1.165, 1.54) is 70.6 Å². The summed E-state index contributed by atoms with van der Waals surface area (Å²) in [6, 6.07) is 0. The van der Waals surface area contributed by atoms with Gasteiger partial charge in [0.2, 0.25) is 0 Å². The molecule has 132 valence electrons. The summed E-state index contributed by atoms with van der Waals surface area (Å²) in [6.07, 6.45) is 17.2. The van der Waals surface area contributed by atoms with Gasteiger partial charge in [0, 0.05) is 0 Å². The van der Waals surface area contributed by atoms with Crippen LogP contribution in [0.1, 0.15) is 111 Å². The van der Waals surface area contributed by atoms with Gasteiger partial charge in [-0.15, -0.1) is 0 Å². The largest absolute Gasteiger partial charge is 0.465 e. The second kappa shape index (κ2) is 16.8. The summed E-state index contributed by atoms with van der Waals surface area (Å²) in [5.74, 6) is 0.174. The maximum Gasteiger partial charge on any atom is 0.308 e. The lowest BCUT2D eigenvalue weighted by Crippen LogP contribution is -2.17. The Morgan fingerprint density at radius 2 is 1.23 bits per heavy atom. The SMILES string of the molecule is CCCCCCCCCCOC(=O)C(CC)CCCCCC. The number of hydrogen-bond acceptors (Lipinski definition) is 2. The predicted molar refractivity (Wildman–Crippen MR) is 96.1 cm³/mol. The van der Waals surface area contributed by atoms with Crippen molar-refractivity contribution in [1.82, 2.24) is 0 Å². The summed E-state index contributed by atoms with van der Waals surface area (Å²) < 4.78 is 5.46. The Hall–Kier alpha value is -0.530. The lowest BCUT2D eigenvalue weighted by Gasteiger charge is -2.14. The van der Waals surface area contributed by atoms with Crippen LogP contribution in [0.15, 0.2) is 0 Å². The van der Waals surface area contributed by atoms with Crippen LogP contribution in [0, 0.1) is 5.92 Å². The van der Waals surface area contributed by atoms with E-state index in [4.69, 9.17) is 4.74 Å². The quantitative estimate of drug-likeness (QED) is 0.235. The van der Waals surface area contributed by atoms with Gasteiger partial charge in [0.25, 0.3) is 0 Å². The van der Waals surface area contributed by atoms with E-state index in [1.807, 2.05) is 0 Å². The number of ether oxygens (including phenoxy) is 1. The first kappa shape index (κ1) is 21.5. The first-order chi connectivity index (χ1) is 10.8. The Balaban J connectivity index is 3.48. The van der Waals surface area contributed by atoms with Crippen molar-refractivity contribution in [3.8, 4) is 0 Å². The van der Waals surface area contributed by atoms with Crippen molar-refractivity contribution < 1.29 is 9.53 Å². The molecule has 0 aliphatic heterocycles. The second-order valence-electron chi connectivity index (χ2n) is 6.60. The number of rotatable bonds is 16. The van der Waals surface area contributed by atoms with E-state index in [1.54, 1.807) is 0 Å². The average molecular weight is 313 g/mol. The minimum Gasteiger partial charge on any atom is -0.465 e. The molecule has 0 fully saturated rings. The van der Waals surface area contributed by atoms with Gasteiger partial charge in [-0.25, -0.2) is 0 Å². The maximum absolute atomic E-state index is 12.0. The Morgan fingerprint density at radius 1 is 0.727 bits per heavy atom. The first-order valence-corrected chi connectivity index (χ1v) is 9.92. The van der Waals surface area contributed by atoms with Gasteiger partial charge in [-0.3, -0.25) is 4.79 Å². The standard InChI is InChI=1S/C20H40O2/c1-4-7-9-11-12-13-14-16-18-22-20(21)19(6-3)17-15-10-8-5-2/h19H,4-18H2,1-3H3. The molecule has 0 aromatic heterocycles. The lowest BCUT2D eigenvalue weighted by molar-refractivity contribution is -0.149. The van der Waals surface area contributed by atoms with Crippen LogP contribution in [0.3, 0.4) is 0 Å². The minimum atomic E-state index is 0.0435. The van der Waals surface area contributed by atoms with Gasteiger partial charge in [0.05, 0.1) is 12.5 Å². The van der Waals surface area contributed by atoms with Crippen molar-refractivity contribution in [2.24, 2.45) is 5.92 Å². The van der Waals surface area contributed by atoms with Crippen LogP contribution < -0.4 is 0 Å². The molecule has 0 aromatic rings. The fourth-order valence-corrected chi connectivity index (χ4v) is 2.83. The third-order valence-electron chi connectivity index (χ3n) is 4.47. The molecule has 1 atom stereocenters. The zero-order chi connectivity index (χ0) is 16.5. The van der Waals surface area contributed by atoms with Gasteiger partial charge in [-0.1, -0.05) is 91.4 Å². The molecule has 22 heavy (non-hydrogen) atoms. The van der Waals surface area contributed by atoms with Crippen molar-refractivity contribution in [2.75, 3.05) is 6.61 Å². The summed E-state index contributed by atoms with van der Waals surface area (Å²) in [4.78, 5) is 12.0. The summed E-state index contributed by atoms with van der Waals surface area (Å²) in [5.41, 5.74) is 0. The fourth-order valence-electron chi connectivity index (χ4n) is 2.83. The molecule has 0 amide bonds. The normalized spacial score (nSPS) is 12.3. The Labute approximate surface area is 139 Å². The van der Waals surface area contributed by atoms with Gasteiger partial charge in [0.1, 0.15) is 0 Å². The highest BCUT2D eigenvalue weighted by Gasteiger charge is 2.17. The van der Waals surface area contributed by atoms with Gasteiger partial charge < -0.3 is 4.74 Å². The van der Waals surface area contributed by atoms with E-state index < -0.39 is 0 Å². The van der Waals surface area contributed by atoms with E-state index in [0.29, 0.717) is 6.61 Å². The highest BCUT2D eigenvalue weighted by molar-refractivity contribution is 5.72. The molecule has 0 aliphatic carbocycles. The minimum absolute atomic E-state index is 0.0435. The van der Waals surface area contributed by atoms with Crippen molar-refractivity contribution in [3.63, 3.8) is 0 Å². The highest BCUT2D eigenvalue weighted by atomic mass is 16.5. The Kier molecular flexibility index (Phi) is 16.4. The van der Waals surface area contributed by atoms with Crippen LogP contribution in [-0.2, 0) is 9.53 Å². The van der Waals surface area contributed by atoms with E-state index in [-0.39, 0.29) is 11.9 Å². The van der Waals surface area contributed by atoms with Crippen molar-refractivity contribution >= 4 is 5.97 Å². The maximum atomic E-state index is 12.0. The van der Waals surface area contributed by atoms with E-state index in [2.05, 4.69) is 20.8 Å². The van der Waals surface area contributed by atoms with Crippen LogP contribution in [-0.4, -0.2) is 12.6 Å². The molecule has 0 aromatic carbocycles. The molecule has 0 radical (unpaired) electrons. The summed E-state index contributed by atoms with van der Waals surface area (Å²) >= 11 is 0. The van der Waals surface area contributed by atoms with Crippen molar-refractivity contribution in [2.45, 2.75) is 111 Å². The van der Waals surface area contributed by atoms with Gasteiger partial charge >= 0.3 is 5.97 Å². The number of esters is 1. The van der Waals surface area contributed by atoms with E-state index in [9.17, 15) is 4.79 Å². The molecule has 0 rings (SSSR count). The molecule has 2 heteroatoms. The molecule has 0 bridgehead atoms. The lowest BCUT2D eigenvalue weighted by atomic mass is 9.98. The molecule has 1 unspecified atom stereocenters. The molecule has 0 aliphatic rings. The molecule has 0 spiro atoms. The zero-order valence-corrected chi connectivity index (χ0v) is 15.5. The number of carbonyl (C=O) groups excluding carboxylic acids is 1. The molecule has 0 heterocycles.